The van der Waals surface area contributed by atoms with E-state index >= 15 is 0 Å². The predicted octanol–water partition coefficient (Wildman–Crippen LogP) is 0.469. The summed E-state index contributed by atoms with van der Waals surface area (Å²) in [6.07, 6.45) is 1.72. The maximum Gasteiger partial charge on any atom is 0.322 e. The van der Waals surface area contributed by atoms with Gasteiger partial charge in [-0.2, -0.15) is 15.0 Å². The monoisotopic (exact) mass is 232 g/mol. The van der Waals surface area contributed by atoms with Gasteiger partial charge in [0.25, 0.3) is 0 Å². The highest BCUT2D eigenvalue weighted by atomic mass is 16.5. The van der Waals surface area contributed by atoms with Crippen LogP contribution in [0.3, 0.4) is 0 Å². The van der Waals surface area contributed by atoms with Crippen LogP contribution < -0.4 is 15.8 Å². The Hall–Kier alpha value is -2.44. The SMILES string of the molecule is COc1nc(N)nc(NCc2ccccn2)n1. The number of rotatable bonds is 4. The van der Waals surface area contributed by atoms with Gasteiger partial charge in [-0.25, -0.2) is 0 Å². The number of hydrogen-bond donors (Lipinski definition) is 2. The Morgan fingerprint density at radius 2 is 2.18 bits per heavy atom. The second-order valence-corrected chi connectivity index (χ2v) is 3.18. The van der Waals surface area contributed by atoms with E-state index in [9.17, 15) is 0 Å². The molecule has 88 valence electrons. The fraction of sp³-hybridized carbons (Fsp3) is 0.200. The second-order valence-electron chi connectivity index (χ2n) is 3.18. The highest BCUT2D eigenvalue weighted by Crippen LogP contribution is 2.08. The van der Waals surface area contributed by atoms with Gasteiger partial charge in [-0.15, -0.1) is 0 Å². The summed E-state index contributed by atoms with van der Waals surface area (Å²) in [5.41, 5.74) is 6.39. The van der Waals surface area contributed by atoms with Gasteiger partial charge in [0.2, 0.25) is 11.9 Å². The molecule has 7 nitrogen and oxygen atoms in total. The summed E-state index contributed by atoms with van der Waals surface area (Å²) in [5.74, 6) is 0.473. The third kappa shape index (κ3) is 3.00. The number of ether oxygens (including phenoxy) is 1. The molecule has 2 rings (SSSR count). The Morgan fingerprint density at radius 1 is 1.29 bits per heavy atom. The van der Waals surface area contributed by atoms with Crippen LogP contribution in [0, 0.1) is 0 Å². The number of methoxy groups -OCH3 is 1. The first-order chi connectivity index (χ1) is 8.28. The molecule has 7 heteroatoms. The second kappa shape index (κ2) is 5.06. The van der Waals surface area contributed by atoms with Crippen LogP contribution in [0.15, 0.2) is 24.4 Å². The molecule has 0 fully saturated rings. The topological polar surface area (TPSA) is 98.8 Å². The molecule has 0 spiro atoms. The van der Waals surface area contributed by atoms with E-state index in [0.29, 0.717) is 12.5 Å². The van der Waals surface area contributed by atoms with E-state index in [2.05, 4.69) is 25.3 Å². The first-order valence-electron chi connectivity index (χ1n) is 4.97. The van der Waals surface area contributed by atoms with Gasteiger partial charge in [0, 0.05) is 6.20 Å². The molecule has 17 heavy (non-hydrogen) atoms. The number of nitrogen functional groups attached to an aromatic ring is 1. The van der Waals surface area contributed by atoms with E-state index in [0.717, 1.165) is 5.69 Å². The third-order valence-electron chi connectivity index (χ3n) is 1.97. The van der Waals surface area contributed by atoms with Gasteiger partial charge in [0.1, 0.15) is 0 Å². The number of pyridine rings is 1. The zero-order chi connectivity index (χ0) is 12.1. The van der Waals surface area contributed by atoms with Crippen LogP contribution in [-0.4, -0.2) is 27.0 Å². The van der Waals surface area contributed by atoms with Gasteiger partial charge in [0.15, 0.2) is 0 Å². The molecule has 0 atom stereocenters. The minimum atomic E-state index is 0.111. The first kappa shape index (κ1) is 11.1. The minimum Gasteiger partial charge on any atom is -0.467 e. The fourth-order valence-corrected chi connectivity index (χ4v) is 1.21. The van der Waals surface area contributed by atoms with Crippen molar-refractivity contribution in [3.05, 3.63) is 30.1 Å². The van der Waals surface area contributed by atoms with Crippen LogP contribution in [0.2, 0.25) is 0 Å². The molecule has 0 saturated heterocycles. The molecule has 2 heterocycles. The van der Waals surface area contributed by atoms with Gasteiger partial charge < -0.3 is 15.8 Å². The van der Waals surface area contributed by atoms with E-state index in [1.54, 1.807) is 6.20 Å². The zero-order valence-corrected chi connectivity index (χ0v) is 9.29. The average Bonchev–Trinajstić information content (AvgIpc) is 2.37. The minimum absolute atomic E-state index is 0.111. The molecule has 0 aliphatic carbocycles. The highest BCUT2D eigenvalue weighted by Gasteiger charge is 2.03. The molecule has 0 bridgehead atoms. The molecule has 0 radical (unpaired) electrons. The lowest BCUT2D eigenvalue weighted by Gasteiger charge is -2.05. The lowest BCUT2D eigenvalue weighted by molar-refractivity contribution is 0.379. The molecule has 0 aromatic carbocycles. The van der Waals surface area contributed by atoms with Crippen LogP contribution in [-0.2, 0) is 6.54 Å². The van der Waals surface area contributed by atoms with Crippen LogP contribution in [0.25, 0.3) is 0 Å². The number of aromatic nitrogens is 4. The maximum atomic E-state index is 5.51. The van der Waals surface area contributed by atoms with Crippen molar-refractivity contribution < 1.29 is 4.74 Å². The molecule has 0 aliphatic heterocycles. The van der Waals surface area contributed by atoms with Crippen molar-refractivity contribution in [3.8, 4) is 6.01 Å². The van der Waals surface area contributed by atoms with Crippen LogP contribution >= 0.6 is 0 Å². The quantitative estimate of drug-likeness (QED) is 0.790. The van der Waals surface area contributed by atoms with E-state index in [-0.39, 0.29) is 12.0 Å². The van der Waals surface area contributed by atoms with Crippen molar-refractivity contribution >= 4 is 11.9 Å². The van der Waals surface area contributed by atoms with Crippen molar-refractivity contribution in [1.82, 2.24) is 19.9 Å². The predicted molar refractivity (Wildman–Crippen MR) is 62.4 cm³/mol. The number of hydrogen-bond acceptors (Lipinski definition) is 7. The molecule has 2 aromatic heterocycles. The van der Waals surface area contributed by atoms with Gasteiger partial charge in [-0.05, 0) is 12.1 Å². The largest absolute Gasteiger partial charge is 0.467 e. The summed E-state index contributed by atoms with van der Waals surface area (Å²) < 4.78 is 4.89. The zero-order valence-electron chi connectivity index (χ0n) is 9.29. The lowest BCUT2D eigenvalue weighted by atomic mass is 10.3. The Morgan fingerprint density at radius 3 is 2.88 bits per heavy atom. The summed E-state index contributed by atoms with van der Waals surface area (Å²) in [4.78, 5) is 15.9. The van der Waals surface area contributed by atoms with Gasteiger partial charge in [0.05, 0.1) is 19.3 Å². The number of nitrogens with zero attached hydrogens (tertiary/aromatic N) is 4. The molecule has 0 amide bonds. The summed E-state index contributed by atoms with van der Waals surface area (Å²) in [7, 11) is 1.47. The number of nitrogens with two attached hydrogens (primary N) is 1. The smallest absolute Gasteiger partial charge is 0.322 e. The van der Waals surface area contributed by atoms with Gasteiger partial charge in [-0.3, -0.25) is 4.98 Å². The number of anilines is 2. The van der Waals surface area contributed by atoms with Crippen molar-refractivity contribution in [1.29, 1.82) is 0 Å². The molecule has 0 unspecified atom stereocenters. The Balaban J connectivity index is 2.06. The molecular formula is C10H12N6O. The van der Waals surface area contributed by atoms with Crippen LogP contribution in [0.5, 0.6) is 6.01 Å². The summed E-state index contributed by atoms with van der Waals surface area (Å²) >= 11 is 0. The standard InChI is InChI=1S/C10H12N6O/c1-17-10-15-8(11)14-9(16-10)13-6-7-4-2-3-5-12-7/h2-5H,6H2,1H3,(H3,11,13,14,15,16). The molecule has 2 aromatic rings. The van der Waals surface area contributed by atoms with Crippen molar-refractivity contribution in [3.63, 3.8) is 0 Å². The fourth-order valence-electron chi connectivity index (χ4n) is 1.21. The average molecular weight is 232 g/mol. The summed E-state index contributed by atoms with van der Waals surface area (Å²) in [6, 6.07) is 5.84. The Bertz CT molecular complexity index is 489. The third-order valence-corrected chi connectivity index (χ3v) is 1.97. The van der Waals surface area contributed by atoms with Crippen LogP contribution in [0.4, 0.5) is 11.9 Å². The molecule has 3 N–H and O–H groups in total. The van der Waals surface area contributed by atoms with Gasteiger partial charge in [-0.1, -0.05) is 6.07 Å². The molecule has 0 aliphatic rings. The Kier molecular flexibility index (Phi) is 3.29. The van der Waals surface area contributed by atoms with Gasteiger partial charge >= 0.3 is 6.01 Å². The van der Waals surface area contributed by atoms with E-state index in [1.807, 2.05) is 18.2 Å². The molecule has 0 saturated carbocycles. The van der Waals surface area contributed by atoms with Crippen molar-refractivity contribution in [2.24, 2.45) is 0 Å². The Labute approximate surface area is 98.1 Å². The van der Waals surface area contributed by atoms with E-state index in [1.165, 1.54) is 7.11 Å². The first-order valence-corrected chi connectivity index (χ1v) is 4.97. The van der Waals surface area contributed by atoms with Crippen molar-refractivity contribution in [2.75, 3.05) is 18.2 Å². The van der Waals surface area contributed by atoms with E-state index in [4.69, 9.17) is 10.5 Å². The van der Waals surface area contributed by atoms with Crippen molar-refractivity contribution in [2.45, 2.75) is 6.54 Å². The molecular weight excluding hydrogens is 220 g/mol. The normalized spacial score (nSPS) is 9.94. The van der Waals surface area contributed by atoms with Crippen LogP contribution in [0.1, 0.15) is 5.69 Å². The lowest BCUT2D eigenvalue weighted by Crippen LogP contribution is -2.08. The summed E-state index contributed by atoms with van der Waals surface area (Å²) in [6.45, 7) is 0.507. The summed E-state index contributed by atoms with van der Waals surface area (Å²) in [5, 5.41) is 2.99. The number of nitrogens with one attached hydrogen (secondary N) is 1. The maximum absolute atomic E-state index is 5.51. The highest BCUT2D eigenvalue weighted by molar-refractivity contribution is 5.33. The van der Waals surface area contributed by atoms with E-state index < -0.39 is 0 Å².